The molecule has 0 aliphatic rings. The number of unbranched alkanes of at least 4 members (excludes halogenated alkanes) is 18. The van der Waals surface area contributed by atoms with Crippen LogP contribution >= 0.6 is 15.9 Å². The molecule has 0 aromatic carbocycles. The Morgan fingerprint density at radius 1 is 0.317 bits per heavy atom. The van der Waals surface area contributed by atoms with Gasteiger partial charge in [-0.15, -0.1) is 0 Å². The van der Waals surface area contributed by atoms with Gasteiger partial charge < -0.3 is 0 Å². The van der Waals surface area contributed by atoms with E-state index in [-0.39, 0.29) is 75.8 Å². The van der Waals surface area contributed by atoms with Crippen molar-refractivity contribution in [2.75, 3.05) is 12.3 Å². The zero-order chi connectivity index (χ0) is 32.7. The SMILES string of the molecule is CCCCCCCCCCCC[PH]([O-])([O-])[O-].CCCCCCCCCCCC[PH]([O-])([O-])[O-].[CH3][Sn+2][CH3].[CH3][Sn+2][CH3].[CH3][Sn+2][CH3]. The van der Waals surface area contributed by atoms with Crippen LogP contribution in [-0.4, -0.2) is 75.8 Å². The third kappa shape index (κ3) is 86.0. The van der Waals surface area contributed by atoms with Crippen LogP contribution in [0.4, 0.5) is 0 Å². The van der Waals surface area contributed by atoms with Crippen LogP contribution in [0.15, 0.2) is 0 Å². The summed E-state index contributed by atoms with van der Waals surface area (Å²) < 4.78 is 0. The minimum atomic E-state index is -4.50. The molecule has 0 saturated heterocycles. The summed E-state index contributed by atoms with van der Waals surface area (Å²) in [5.41, 5.74) is 0. The zero-order valence-corrected chi connectivity index (χ0v) is 39.1. The average molecular weight is 945 g/mol. The predicted octanol–water partition coefficient (Wildman–Crippen LogP) is 5.33. The Balaban J connectivity index is -0.000000163. The van der Waals surface area contributed by atoms with E-state index in [2.05, 4.69) is 43.5 Å². The average Bonchev–Trinajstić information content (AvgIpc) is 2.87. The Labute approximate surface area is 290 Å². The molecule has 0 aromatic rings. The predicted molar refractivity (Wildman–Crippen MR) is 182 cm³/mol. The first kappa shape index (κ1) is 53.5. The number of hydrogen-bond donors (Lipinski definition) is 0. The van der Waals surface area contributed by atoms with E-state index >= 15 is 0 Å². The van der Waals surface area contributed by atoms with Gasteiger partial charge in [-0.25, -0.2) is 0 Å². The second-order valence-electron chi connectivity index (χ2n) is 10.7. The van der Waals surface area contributed by atoms with Crippen molar-refractivity contribution in [3.63, 3.8) is 0 Å². The van der Waals surface area contributed by atoms with E-state index in [1.54, 1.807) is 0 Å². The molecule has 0 spiro atoms. The van der Waals surface area contributed by atoms with Crippen LogP contribution in [0.2, 0.25) is 29.6 Å². The van der Waals surface area contributed by atoms with Crippen molar-refractivity contribution in [3.05, 3.63) is 0 Å². The summed E-state index contributed by atoms with van der Waals surface area (Å²) in [7, 11) is -9.00. The van der Waals surface area contributed by atoms with Gasteiger partial charge in [0, 0.05) is 0 Å². The van der Waals surface area contributed by atoms with E-state index < -0.39 is 15.9 Å². The molecule has 0 aliphatic carbocycles. The van der Waals surface area contributed by atoms with Crippen molar-refractivity contribution in [2.24, 2.45) is 0 Å². The van der Waals surface area contributed by atoms with Gasteiger partial charge >= 0.3 is 293 Å². The van der Waals surface area contributed by atoms with Crippen LogP contribution in [0.5, 0.6) is 0 Å². The van der Waals surface area contributed by atoms with Crippen molar-refractivity contribution >= 4 is 79.3 Å². The molecule has 0 fully saturated rings. The quantitative estimate of drug-likeness (QED) is 0.0819. The molecule has 0 unspecified atom stereocenters. The van der Waals surface area contributed by atoms with Gasteiger partial charge in [0.1, 0.15) is 0 Å². The topological polar surface area (TPSA) is 138 Å². The van der Waals surface area contributed by atoms with Gasteiger partial charge in [0.05, 0.1) is 0 Å². The maximum atomic E-state index is 10.4. The van der Waals surface area contributed by atoms with Crippen LogP contribution in [0, 0.1) is 0 Å². The van der Waals surface area contributed by atoms with E-state index in [1.165, 1.54) is 89.9 Å². The van der Waals surface area contributed by atoms with Gasteiger partial charge in [0.25, 0.3) is 0 Å². The van der Waals surface area contributed by atoms with Crippen molar-refractivity contribution in [1.29, 1.82) is 0 Å². The molecule has 0 amide bonds. The molecule has 248 valence electrons. The molecule has 0 heterocycles. The fourth-order valence-electron chi connectivity index (χ4n) is 3.66. The summed E-state index contributed by atoms with van der Waals surface area (Å²) in [5.74, 6) is 0. The summed E-state index contributed by atoms with van der Waals surface area (Å²) in [6.07, 6.45) is 22.8. The molecule has 0 aliphatic heterocycles. The monoisotopic (exact) mass is 948 g/mol. The first-order valence-corrected chi connectivity index (χ1v) is 37.3. The summed E-state index contributed by atoms with van der Waals surface area (Å²) in [6, 6.07) is 0. The van der Waals surface area contributed by atoms with E-state index in [0.717, 1.165) is 25.7 Å². The molecule has 0 atom stereocenters. The van der Waals surface area contributed by atoms with Crippen LogP contribution in [0.25, 0.3) is 0 Å². The van der Waals surface area contributed by atoms with E-state index in [9.17, 15) is 29.4 Å². The van der Waals surface area contributed by atoms with Crippen molar-refractivity contribution in [3.8, 4) is 0 Å². The van der Waals surface area contributed by atoms with Crippen molar-refractivity contribution < 1.29 is 29.4 Å². The van der Waals surface area contributed by atoms with Crippen molar-refractivity contribution in [1.82, 2.24) is 0 Å². The fraction of sp³-hybridized carbons (Fsp3) is 1.00. The van der Waals surface area contributed by atoms with Gasteiger partial charge in [-0.1, -0.05) is 0 Å². The van der Waals surface area contributed by atoms with Gasteiger partial charge in [-0.05, 0) is 0 Å². The number of hydrogen-bond acceptors (Lipinski definition) is 6. The molecular weight excluding hydrogens is 874 g/mol. The Bertz CT molecular complexity index is 378. The van der Waals surface area contributed by atoms with E-state index in [4.69, 9.17) is 0 Å². The summed E-state index contributed by atoms with van der Waals surface area (Å²) in [4.78, 5) is 76.0. The second-order valence-corrected chi connectivity index (χ2v) is 23.0. The molecule has 41 heavy (non-hydrogen) atoms. The van der Waals surface area contributed by atoms with Gasteiger partial charge in [0.15, 0.2) is 0 Å². The Morgan fingerprint density at radius 2 is 0.463 bits per heavy atom. The van der Waals surface area contributed by atoms with Gasteiger partial charge in [0.2, 0.25) is 0 Å². The molecular formula is C30H70O6P2Sn3. The summed E-state index contributed by atoms with van der Waals surface area (Å²) >= 11 is 0.690. The molecule has 11 heteroatoms. The first-order chi connectivity index (χ1) is 19.4. The van der Waals surface area contributed by atoms with Crippen LogP contribution in [0.3, 0.4) is 0 Å². The maximum absolute atomic E-state index is 10.4. The third-order valence-corrected chi connectivity index (χ3v) is 7.60. The normalized spacial score (nSPS) is 10.9. The molecule has 0 N–H and O–H groups in total. The standard InChI is InChI=1S/2C12H26O3P.6CH3.3Sn/c2*1-2-3-4-5-6-7-8-9-10-11-12-16(13,14)15;;;;;;;;;/h2*16H,2-12H2,1H3;6*1H3;;;/q2*-3;;;;;;;3*+2. The molecule has 6 nitrogen and oxygen atoms in total. The minimum absolute atomic E-state index is 0.135. The Kier molecular flexibility index (Phi) is 61.9. The molecule has 0 saturated carbocycles. The van der Waals surface area contributed by atoms with Crippen LogP contribution in [0.1, 0.15) is 142 Å². The van der Waals surface area contributed by atoms with Gasteiger partial charge in [-0.3, -0.25) is 0 Å². The molecule has 0 radical (unpaired) electrons. The van der Waals surface area contributed by atoms with E-state index in [0.29, 0.717) is 12.8 Å². The summed E-state index contributed by atoms with van der Waals surface area (Å²) in [6.45, 7) is 4.43. The molecule has 0 aromatic heterocycles. The van der Waals surface area contributed by atoms with Crippen LogP contribution < -0.4 is 29.4 Å². The third-order valence-electron chi connectivity index (χ3n) is 5.67. The van der Waals surface area contributed by atoms with E-state index in [1.807, 2.05) is 0 Å². The Morgan fingerprint density at radius 3 is 0.610 bits per heavy atom. The number of rotatable bonds is 22. The molecule has 0 rings (SSSR count). The summed E-state index contributed by atoms with van der Waals surface area (Å²) in [5, 5.41) is 0. The molecule has 0 bridgehead atoms. The first-order valence-electron chi connectivity index (χ1n) is 16.3. The van der Waals surface area contributed by atoms with Crippen LogP contribution in [-0.2, 0) is 0 Å². The second kappa shape index (κ2) is 47.4. The zero-order valence-electron chi connectivity index (χ0n) is 28.5. The Hall–Kier alpha value is 3.02. The van der Waals surface area contributed by atoms with Crippen molar-refractivity contribution in [2.45, 2.75) is 172 Å². The van der Waals surface area contributed by atoms with Gasteiger partial charge in [-0.2, -0.15) is 0 Å². The fourth-order valence-corrected chi connectivity index (χ4v) is 5.02.